The molecule has 0 aromatic heterocycles. The zero-order chi connectivity index (χ0) is 30.6. The first-order valence-corrected chi connectivity index (χ1v) is 15.6. The van der Waals surface area contributed by atoms with E-state index in [1.807, 2.05) is 19.1 Å². The van der Waals surface area contributed by atoms with Crippen molar-refractivity contribution < 1.29 is 46.0 Å². The van der Waals surface area contributed by atoms with Crippen molar-refractivity contribution in [2.24, 2.45) is 0 Å². The average molecular weight is 613 g/mol. The molecule has 10 nitrogen and oxygen atoms in total. The molecule has 0 saturated carbocycles. The lowest BCUT2D eigenvalue weighted by Gasteiger charge is -2.19. The van der Waals surface area contributed by atoms with Gasteiger partial charge in [-0.1, -0.05) is 35.9 Å². The Bertz CT molecular complexity index is 1960. The Morgan fingerprint density at radius 2 is 0.905 bits per heavy atom. The Morgan fingerprint density at radius 3 is 1.29 bits per heavy atom. The number of rotatable bonds is 3. The van der Waals surface area contributed by atoms with Crippen LogP contribution in [0.1, 0.15) is 50.1 Å². The minimum atomic E-state index is -4.75. The Morgan fingerprint density at radius 1 is 0.571 bits per heavy atom. The van der Waals surface area contributed by atoms with Crippen molar-refractivity contribution in [3.8, 4) is 23.0 Å². The van der Waals surface area contributed by atoms with Gasteiger partial charge in [0.2, 0.25) is 0 Å². The summed E-state index contributed by atoms with van der Waals surface area (Å²) in [5.41, 5.74) is 3.15. The van der Waals surface area contributed by atoms with Crippen LogP contribution in [0, 0.1) is 6.92 Å². The first-order chi connectivity index (χ1) is 19.7. The van der Waals surface area contributed by atoms with Gasteiger partial charge in [-0.15, -0.1) is 0 Å². The van der Waals surface area contributed by atoms with Gasteiger partial charge < -0.3 is 20.1 Å². The number of ether oxygens (including phenoxy) is 1. The zero-order valence-electron chi connectivity index (χ0n) is 22.6. The van der Waals surface area contributed by atoms with E-state index in [9.17, 15) is 41.3 Å². The molecule has 5 rings (SSSR count). The molecule has 0 heterocycles. The van der Waals surface area contributed by atoms with Gasteiger partial charge in [0, 0.05) is 47.9 Å². The molecular weight excluding hydrogens is 584 g/mol. The third kappa shape index (κ3) is 5.66. The molecular formula is C30H28O10S2. The number of fused-ring (bicyclic) bond motifs is 8. The van der Waals surface area contributed by atoms with Crippen LogP contribution in [0.5, 0.6) is 23.0 Å². The number of para-hydroxylation sites is 1. The molecule has 42 heavy (non-hydrogen) atoms. The lowest BCUT2D eigenvalue weighted by atomic mass is 9.90. The highest BCUT2D eigenvalue weighted by molar-refractivity contribution is 7.86. The lowest BCUT2D eigenvalue weighted by molar-refractivity contribution is 0.405. The molecule has 12 heteroatoms. The molecule has 0 radical (unpaired) electrons. The van der Waals surface area contributed by atoms with Crippen molar-refractivity contribution in [2.75, 3.05) is 7.11 Å². The highest BCUT2D eigenvalue weighted by Crippen LogP contribution is 2.39. The summed E-state index contributed by atoms with van der Waals surface area (Å²) >= 11 is 0. The molecule has 0 atom stereocenters. The summed E-state index contributed by atoms with van der Waals surface area (Å²) in [5, 5.41) is 33.7. The van der Waals surface area contributed by atoms with Crippen LogP contribution in [0.2, 0.25) is 0 Å². The topological polar surface area (TPSA) is 179 Å². The number of aromatic hydroxyl groups is 3. The van der Waals surface area contributed by atoms with Gasteiger partial charge in [0.1, 0.15) is 23.0 Å². The summed E-state index contributed by atoms with van der Waals surface area (Å²) in [5.74, 6) is -0.300. The SMILES string of the molecule is COc1c2cc(C)cc1Cc1cc(S(=O)(=O)O)cc(c1O)Cc1cc(S(=O)(=O)O)cc(c1O)Cc1cccc(c1O)C2. The van der Waals surface area contributed by atoms with Crippen molar-refractivity contribution in [3.05, 3.63) is 105 Å². The fourth-order valence-corrected chi connectivity index (χ4v) is 6.66. The third-order valence-corrected chi connectivity index (χ3v) is 9.06. The molecule has 4 aromatic carbocycles. The van der Waals surface area contributed by atoms with E-state index in [1.165, 1.54) is 7.11 Å². The second-order valence-electron chi connectivity index (χ2n) is 10.4. The van der Waals surface area contributed by atoms with Gasteiger partial charge in [-0.2, -0.15) is 16.8 Å². The van der Waals surface area contributed by atoms with Gasteiger partial charge in [-0.05, 0) is 53.4 Å². The normalized spacial score (nSPS) is 13.5. The van der Waals surface area contributed by atoms with Crippen LogP contribution in [0.15, 0.2) is 64.4 Å². The molecule has 4 aromatic rings. The predicted octanol–water partition coefficient (Wildman–Crippen LogP) is 4.29. The Kier molecular flexibility index (Phi) is 7.44. The number of hydrogen-bond donors (Lipinski definition) is 5. The third-order valence-electron chi connectivity index (χ3n) is 7.40. The molecule has 1 aliphatic rings. The number of aryl methyl sites for hydroxylation is 1. The summed E-state index contributed by atoms with van der Waals surface area (Å²) in [4.78, 5) is -1.05. The zero-order valence-corrected chi connectivity index (χ0v) is 24.3. The minimum absolute atomic E-state index is 0.0195. The molecule has 220 valence electrons. The van der Waals surface area contributed by atoms with Gasteiger partial charge in [0.25, 0.3) is 20.2 Å². The van der Waals surface area contributed by atoms with E-state index in [0.29, 0.717) is 28.0 Å². The monoisotopic (exact) mass is 612 g/mol. The Balaban J connectivity index is 1.86. The molecule has 0 aliphatic heterocycles. The van der Waals surface area contributed by atoms with Crippen molar-refractivity contribution >= 4 is 20.2 Å². The maximum absolute atomic E-state index is 12.2. The van der Waals surface area contributed by atoms with Crippen LogP contribution >= 0.6 is 0 Å². The van der Waals surface area contributed by atoms with E-state index in [2.05, 4.69) is 0 Å². The molecule has 0 fully saturated rings. The van der Waals surface area contributed by atoms with Crippen LogP contribution < -0.4 is 4.74 Å². The van der Waals surface area contributed by atoms with E-state index >= 15 is 0 Å². The molecule has 0 spiro atoms. The van der Waals surface area contributed by atoms with Crippen molar-refractivity contribution in [3.63, 3.8) is 0 Å². The van der Waals surface area contributed by atoms with Gasteiger partial charge in [-0.25, -0.2) is 0 Å². The van der Waals surface area contributed by atoms with E-state index in [1.54, 1.807) is 18.2 Å². The Labute approximate surface area is 243 Å². The van der Waals surface area contributed by atoms with Crippen LogP contribution in [0.3, 0.4) is 0 Å². The van der Waals surface area contributed by atoms with E-state index < -0.39 is 30.0 Å². The maximum Gasteiger partial charge on any atom is 0.294 e. The molecule has 0 unspecified atom stereocenters. The van der Waals surface area contributed by atoms with Crippen LogP contribution in [0.4, 0.5) is 0 Å². The van der Waals surface area contributed by atoms with Gasteiger partial charge >= 0.3 is 0 Å². The highest BCUT2D eigenvalue weighted by atomic mass is 32.2. The second kappa shape index (κ2) is 10.6. The molecule has 0 saturated heterocycles. The van der Waals surface area contributed by atoms with Gasteiger partial charge in [-0.3, -0.25) is 9.11 Å². The van der Waals surface area contributed by atoms with Gasteiger partial charge in [0.05, 0.1) is 16.9 Å². The predicted molar refractivity (Wildman–Crippen MR) is 153 cm³/mol. The quantitative estimate of drug-likeness (QED) is 0.185. The van der Waals surface area contributed by atoms with Crippen LogP contribution in [-0.4, -0.2) is 48.4 Å². The standard InChI is InChI=1S/C30H28O10S2/c1-16-6-23-9-18-5-3-4-17(27(18)31)8-19-12-25(41(34,35)36)13-20(28(19)32)10-21-14-26(42(37,38)39)15-22(29(21)33)11-24(7-16)30(23)40-2/h3-7,12-15,31-33H,8-11H2,1-2H3,(H,34,35,36)(H,37,38,39). The number of benzene rings is 4. The minimum Gasteiger partial charge on any atom is -0.507 e. The summed E-state index contributed by atoms with van der Waals surface area (Å²) in [7, 11) is -8.01. The molecule has 5 N–H and O–H groups in total. The summed E-state index contributed by atoms with van der Waals surface area (Å²) in [6.45, 7) is 1.86. The number of hydrogen-bond acceptors (Lipinski definition) is 8. The van der Waals surface area contributed by atoms with Crippen molar-refractivity contribution in [1.29, 1.82) is 0 Å². The maximum atomic E-state index is 12.2. The molecule has 0 amide bonds. The first kappa shape index (κ1) is 29.4. The Hall–Kier alpha value is -4.10. The van der Waals surface area contributed by atoms with Gasteiger partial charge in [0.15, 0.2) is 0 Å². The smallest absolute Gasteiger partial charge is 0.294 e. The number of phenolic OH excluding ortho intramolecular Hbond substituents is 3. The van der Waals surface area contributed by atoms with Crippen LogP contribution in [0.25, 0.3) is 0 Å². The van der Waals surface area contributed by atoms with Crippen molar-refractivity contribution in [2.45, 2.75) is 42.4 Å². The first-order valence-electron chi connectivity index (χ1n) is 12.8. The lowest BCUT2D eigenvalue weighted by Crippen LogP contribution is -2.07. The molecule has 8 bridgehead atoms. The van der Waals surface area contributed by atoms with E-state index in [-0.39, 0.29) is 65.2 Å². The summed E-state index contributed by atoms with van der Waals surface area (Å²) in [6.07, 6.45) is -0.288. The molecule has 1 aliphatic carbocycles. The highest BCUT2D eigenvalue weighted by Gasteiger charge is 2.24. The second-order valence-corrected chi connectivity index (χ2v) is 13.2. The number of methoxy groups -OCH3 is 1. The fourth-order valence-electron chi connectivity index (χ4n) is 5.50. The van der Waals surface area contributed by atoms with E-state index in [0.717, 1.165) is 29.8 Å². The summed E-state index contributed by atoms with van der Waals surface area (Å²) < 4.78 is 74.2. The largest absolute Gasteiger partial charge is 0.507 e. The number of phenols is 3. The van der Waals surface area contributed by atoms with Crippen LogP contribution in [-0.2, 0) is 45.9 Å². The average Bonchev–Trinajstić information content (AvgIpc) is 2.88. The fraction of sp³-hybridized carbons (Fsp3) is 0.200. The van der Waals surface area contributed by atoms with Crippen molar-refractivity contribution in [1.82, 2.24) is 0 Å². The van der Waals surface area contributed by atoms with E-state index in [4.69, 9.17) is 4.74 Å². The summed E-state index contributed by atoms with van der Waals surface area (Å²) in [6, 6.07) is 13.0.